The summed E-state index contributed by atoms with van der Waals surface area (Å²) in [6, 6.07) is 0. The monoisotopic (exact) mass is 241 g/mol. The van der Waals surface area contributed by atoms with E-state index in [1.165, 1.54) is 0 Å². The van der Waals surface area contributed by atoms with Crippen molar-refractivity contribution in [3.63, 3.8) is 0 Å². The Morgan fingerprint density at radius 3 is 2.71 bits per heavy atom. The zero-order valence-electron chi connectivity index (χ0n) is 11.2. The molecule has 0 aromatic rings. The Hall–Kier alpha value is -0.570. The summed E-state index contributed by atoms with van der Waals surface area (Å²) in [6.07, 6.45) is 6.88. The van der Waals surface area contributed by atoms with Crippen LogP contribution in [0.1, 0.15) is 58.8 Å². The van der Waals surface area contributed by atoms with Gasteiger partial charge in [0.1, 0.15) is 0 Å². The molecule has 3 atom stereocenters. The van der Waals surface area contributed by atoms with Crippen molar-refractivity contribution in [3.05, 3.63) is 0 Å². The van der Waals surface area contributed by atoms with Crippen LogP contribution in [0.3, 0.4) is 0 Å². The molecule has 0 aromatic carbocycles. The maximum Gasteiger partial charge on any atom is 0.223 e. The number of rotatable bonds is 7. The van der Waals surface area contributed by atoms with E-state index < -0.39 is 0 Å². The van der Waals surface area contributed by atoms with E-state index in [1.54, 1.807) is 0 Å². The second kappa shape index (κ2) is 7.70. The minimum Gasteiger partial charge on any atom is -0.393 e. The lowest BCUT2D eigenvalue weighted by molar-refractivity contribution is -0.125. The van der Waals surface area contributed by atoms with E-state index >= 15 is 0 Å². The molecule has 2 N–H and O–H groups in total. The summed E-state index contributed by atoms with van der Waals surface area (Å²) in [6.45, 7) is 4.99. The normalized spacial score (nSPS) is 25.8. The van der Waals surface area contributed by atoms with Gasteiger partial charge >= 0.3 is 0 Å². The lowest BCUT2D eigenvalue weighted by atomic mass is 9.98. The minimum atomic E-state index is -0.140. The summed E-state index contributed by atoms with van der Waals surface area (Å²) in [5.74, 6) is 0.876. The molecule has 1 aliphatic carbocycles. The number of carbonyl (C=O) groups is 1. The third-order valence-electron chi connectivity index (χ3n) is 3.85. The summed E-state index contributed by atoms with van der Waals surface area (Å²) in [4.78, 5) is 11.9. The second-order valence-electron chi connectivity index (χ2n) is 5.33. The molecule has 0 radical (unpaired) electrons. The molecular weight excluding hydrogens is 214 g/mol. The van der Waals surface area contributed by atoms with E-state index in [4.69, 9.17) is 0 Å². The fourth-order valence-corrected chi connectivity index (χ4v) is 2.59. The highest BCUT2D eigenvalue weighted by molar-refractivity contribution is 5.78. The van der Waals surface area contributed by atoms with E-state index in [0.29, 0.717) is 5.92 Å². The van der Waals surface area contributed by atoms with Gasteiger partial charge in [-0.2, -0.15) is 0 Å². The van der Waals surface area contributed by atoms with E-state index in [0.717, 1.165) is 51.5 Å². The molecule has 3 nitrogen and oxygen atoms in total. The largest absolute Gasteiger partial charge is 0.393 e. The number of hydrogen-bond acceptors (Lipinski definition) is 2. The first-order valence-corrected chi connectivity index (χ1v) is 7.13. The molecule has 1 aliphatic rings. The van der Waals surface area contributed by atoms with E-state index in [1.807, 2.05) is 0 Å². The van der Waals surface area contributed by atoms with Gasteiger partial charge in [-0.15, -0.1) is 0 Å². The molecule has 1 rings (SSSR count). The van der Waals surface area contributed by atoms with Gasteiger partial charge in [-0.05, 0) is 38.0 Å². The average molecular weight is 241 g/mol. The van der Waals surface area contributed by atoms with Crippen molar-refractivity contribution in [2.24, 2.45) is 11.8 Å². The molecule has 3 unspecified atom stereocenters. The summed E-state index contributed by atoms with van der Waals surface area (Å²) < 4.78 is 0. The molecule has 1 fully saturated rings. The van der Waals surface area contributed by atoms with Gasteiger partial charge in [0.25, 0.3) is 0 Å². The molecule has 0 aliphatic heterocycles. The molecule has 0 bridgehead atoms. The molecule has 0 heterocycles. The van der Waals surface area contributed by atoms with Crippen LogP contribution < -0.4 is 5.32 Å². The number of amides is 1. The summed E-state index contributed by atoms with van der Waals surface area (Å²) in [7, 11) is 0. The predicted octanol–water partition coefficient (Wildman–Crippen LogP) is 2.48. The van der Waals surface area contributed by atoms with Gasteiger partial charge < -0.3 is 10.4 Å². The molecule has 17 heavy (non-hydrogen) atoms. The number of aliphatic hydroxyl groups excluding tert-OH is 1. The Labute approximate surface area is 105 Å². The lowest BCUT2D eigenvalue weighted by Gasteiger charge is -2.16. The lowest BCUT2D eigenvalue weighted by Crippen LogP contribution is -2.33. The van der Waals surface area contributed by atoms with Crippen LogP contribution in [0.5, 0.6) is 0 Å². The Morgan fingerprint density at radius 1 is 1.41 bits per heavy atom. The first-order chi connectivity index (χ1) is 8.17. The topological polar surface area (TPSA) is 49.3 Å². The van der Waals surface area contributed by atoms with Crippen molar-refractivity contribution < 1.29 is 9.90 Å². The van der Waals surface area contributed by atoms with Crippen molar-refractivity contribution in [3.8, 4) is 0 Å². The summed E-state index contributed by atoms with van der Waals surface area (Å²) in [5.41, 5.74) is 0. The van der Waals surface area contributed by atoms with Crippen molar-refractivity contribution >= 4 is 5.91 Å². The standard InChI is InChI=1S/C14H27NO2/c1-3-5-6-12(4-2)14(17)15-10-11-7-8-13(16)9-11/h11-13,16H,3-10H2,1-2H3,(H,15,17). The molecule has 3 heteroatoms. The Bertz CT molecular complexity index is 230. The number of unbranched alkanes of at least 4 members (excludes halogenated alkanes) is 1. The quantitative estimate of drug-likeness (QED) is 0.719. The molecule has 1 amide bonds. The van der Waals surface area contributed by atoms with Crippen LogP contribution >= 0.6 is 0 Å². The van der Waals surface area contributed by atoms with E-state index in [9.17, 15) is 9.90 Å². The molecule has 0 spiro atoms. The fourth-order valence-electron chi connectivity index (χ4n) is 2.59. The van der Waals surface area contributed by atoms with Gasteiger partial charge in [0.2, 0.25) is 5.91 Å². The summed E-state index contributed by atoms with van der Waals surface area (Å²) in [5, 5.41) is 12.5. The third kappa shape index (κ3) is 5.07. The SMILES string of the molecule is CCCCC(CC)C(=O)NCC1CCC(O)C1. The molecule has 1 saturated carbocycles. The van der Waals surface area contributed by atoms with Crippen molar-refractivity contribution in [2.45, 2.75) is 64.9 Å². The van der Waals surface area contributed by atoms with Gasteiger partial charge in [0.15, 0.2) is 0 Å². The first-order valence-electron chi connectivity index (χ1n) is 7.13. The summed E-state index contributed by atoms with van der Waals surface area (Å²) >= 11 is 0. The van der Waals surface area contributed by atoms with Crippen LogP contribution in [0.15, 0.2) is 0 Å². The van der Waals surface area contributed by atoms with Gasteiger partial charge in [0, 0.05) is 12.5 Å². The van der Waals surface area contributed by atoms with Crippen LogP contribution in [-0.2, 0) is 4.79 Å². The van der Waals surface area contributed by atoms with E-state index in [-0.39, 0.29) is 17.9 Å². The van der Waals surface area contributed by atoms with Crippen LogP contribution in [0.4, 0.5) is 0 Å². The average Bonchev–Trinajstić information content (AvgIpc) is 2.73. The highest BCUT2D eigenvalue weighted by Gasteiger charge is 2.24. The Balaban J connectivity index is 2.22. The second-order valence-corrected chi connectivity index (χ2v) is 5.33. The molecule has 100 valence electrons. The number of hydrogen-bond donors (Lipinski definition) is 2. The molecular formula is C14H27NO2. The Kier molecular flexibility index (Phi) is 6.56. The van der Waals surface area contributed by atoms with Gasteiger partial charge in [0.05, 0.1) is 6.10 Å². The fraction of sp³-hybridized carbons (Fsp3) is 0.929. The van der Waals surface area contributed by atoms with Gasteiger partial charge in [-0.25, -0.2) is 0 Å². The van der Waals surface area contributed by atoms with Crippen molar-refractivity contribution in [1.82, 2.24) is 5.32 Å². The van der Waals surface area contributed by atoms with Crippen molar-refractivity contribution in [1.29, 1.82) is 0 Å². The first kappa shape index (κ1) is 14.5. The zero-order valence-corrected chi connectivity index (χ0v) is 11.2. The van der Waals surface area contributed by atoms with Crippen LogP contribution in [-0.4, -0.2) is 23.7 Å². The number of nitrogens with one attached hydrogen (secondary N) is 1. The molecule has 0 saturated heterocycles. The maximum absolute atomic E-state index is 11.9. The maximum atomic E-state index is 11.9. The predicted molar refractivity (Wildman–Crippen MR) is 69.7 cm³/mol. The molecule has 0 aromatic heterocycles. The number of carbonyl (C=O) groups excluding carboxylic acids is 1. The van der Waals surface area contributed by atoms with Crippen molar-refractivity contribution in [2.75, 3.05) is 6.54 Å². The van der Waals surface area contributed by atoms with E-state index in [2.05, 4.69) is 19.2 Å². The number of aliphatic hydroxyl groups is 1. The third-order valence-corrected chi connectivity index (χ3v) is 3.85. The van der Waals surface area contributed by atoms with Gasteiger partial charge in [-0.3, -0.25) is 4.79 Å². The highest BCUT2D eigenvalue weighted by atomic mass is 16.3. The Morgan fingerprint density at radius 2 is 2.18 bits per heavy atom. The van der Waals surface area contributed by atoms with Gasteiger partial charge in [-0.1, -0.05) is 26.7 Å². The smallest absolute Gasteiger partial charge is 0.223 e. The van der Waals surface area contributed by atoms with Crippen LogP contribution in [0.25, 0.3) is 0 Å². The zero-order chi connectivity index (χ0) is 12.7. The van der Waals surface area contributed by atoms with Crippen LogP contribution in [0, 0.1) is 11.8 Å². The highest BCUT2D eigenvalue weighted by Crippen LogP contribution is 2.24. The minimum absolute atomic E-state index is 0.140. The van der Waals surface area contributed by atoms with Crippen LogP contribution in [0.2, 0.25) is 0 Å².